The Kier molecular flexibility index (Phi) is 3.78. The number of nitrogens with zero attached hydrogens (tertiary/aromatic N) is 3. The first-order chi connectivity index (χ1) is 9.91. The van der Waals surface area contributed by atoms with Crippen LogP contribution in [0.1, 0.15) is 17.4 Å². The SMILES string of the molecule is C=C.CC1CN(C)C2Cn3cc(O)c(=O)c(O)c3C(=O)N12. The van der Waals surface area contributed by atoms with Gasteiger partial charge in [0.2, 0.25) is 0 Å². The van der Waals surface area contributed by atoms with Crippen molar-refractivity contribution in [2.45, 2.75) is 25.7 Å². The largest absolute Gasteiger partial charge is 0.503 e. The first kappa shape index (κ1) is 15.1. The number of hydrogen-bond donors (Lipinski definition) is 2. The zero-order valence-corrected chi connectivity index (χ0v) is 12.1. The summed E-state index contributed by atoms with van der Waals surface area (Å²) >= 11 is 0. The lowest BCUT2D eigenvalue weighted by Crippen LogP contribution is -2.51. The third-order valence-corrected chi connectivity index (χ3v) is 3.89. The maximum Gasteiger partial charge on any atom is 0.276 e. The van der Waals surface area contributed by atoms with E-state index in [0.29, 0.717) is 6.54 Å². The minimum Gasteiger partial charge on any atom is -0.503 e. The molecular weight excluding hydrogens is 274 g/mol. The molecule has 0 aromatic carbocycles. The van der Waals surface area contributed by atoms with Gasteiger partial charge in [-0.3, -0.25) is 14.5 Å². The van der Waals surface area contributed by atoms with Crippen LogP contribution in [0, 0.1) is 0 Å². The zero-order valence-electron chi connectivity index (χ0n) is 12.1. The van der Waals surface area contributed by atoms with Gasteiger partial charge in [-0.1, -0.05) is 0 Å². The van der Waals surface area contributed by atoms with E-state index >= 15 is 0 Å². The standard InChI is InChI=1S/C12H15N3O4.C2H4/c1-6-3-13(2)8-5-14-4-7(16)10(17)11(18)9(14)12(19)15(6)8;1-2/h4,6,8,16,18H,3,5H2,1-2H3;1-2H2. The van der Waals surface area contributed by atoms with Gasteiger partial charge in [0.05, 0.1) is 12.7 Å². The number of carbonyl (C=O) groups is 1. The molecule has 0 aliphatic carbocycles. The average Bonchev–Trinajstić information content (AvgIpc) is 2.73. The highest BCUT2D eigenvalue weighted by molar-refractivity contribution is 5.96. The van der Waals surface area contributed by atoms with E-state index < -0.39 is 16.9 Å². The molecule has 2 unspecified atom stereocenters. The first-order valence-electron chi connectivity index (χ1n) is 6.60. The maximum absolute atomic E-state index is 12.4. The summed E-state index contributed by atoms with van der Waals surface area (Å²) in [5, 5.41) is 19.3. The van der Waals surface area contributed by atoms with Crippen molar-refractivity contribution >= 4 is 5.91 Å². The molecule has 114 valence electrons. The summed E-state index contributed by atoms with van der Waals surface area (Å²) in [4.78, 5) is 27.7. The molecule has 2 aliphatic heterocycles. The second-order valence-electron chi connectivity index (χ2n) is 5.17. The van der Waals surface area contributed by atoms with Gasteiger partial charge in [0.15, 0.2) is 17.2 Å². The molecule has 2 atom stereocenters. The van der Waals surface area contributed by atoms with Crippen molar-refractivity contribution in [3.63, 3.8) is 0 Å². The maximum atomic E-state index is 12.4. The van der Waals surface area contributed by atoms with Crippen LogP contribution in [0.3, 0.4) is 0 Å². The van der Waals surface area contributed by atoms with Gasteiger partial charge in [-0.2, -0.15) is 0 Å². The van der Waals surface area contributed by atoms with Crippen LogP contribution in [-0.2, 0) is 6.54 Å². The second kappa shape index (κ2) is 5.25. The van der Waals surface area contributed by atoms with Crippen LogP contribution < -0.4 is 5.43 Å². The van der Waals surface area contributed by atoms with E-state index in [9.17, 15) is 19.8 Å². The molecule has 7 nitrogen and oxygen atoms in total. The number of likely N-dealkylation sites (N-methyl/N-ethyl adjacent to an activating group) is 1. The fourth-order valence-corrected chi connectivity index (χ4v) is 3.00. The topological polar surface area (TPSA) is 86.0 Å². The summed E-state index contributed by atoms with van der Waals surface area (Å²) in [6.07, 6.45) is 1.10. The van der Waals surface area contributed by atoms with Crippen LogP contribution in [0.25, 0.3) is 0 Å². The van der Waals surface area contributed by atoms with Gasteiger partial charge >= 0.3 is 0 Å². The number of pyridine rings is 1. The van der Waals surface area contributed by atoms with Crippen molar-refractivity contribution in [3.8, 4) is 11.5 Å². The van der Waals surface area contributed by atoms with Gasteiger partial charge < -0.3 is 19.7 Å². The van der Waals surface area contributed by atoms with Gasteiger partial charge in [-0.05, 0) is 14.0 Å². The van der Waals surface area contributed by atoms with Crippen molar-refractivity contribution < 1.29 is 15.0 Å². The smallest absolute Gasteiger partial charge is 0.276 e. The van der Waals surface area contributed by atoms with E-state index in [4.69, 9.17) is 0 Å². The lowest BCUT2D eigenvalue weighted by Gasteiger charge is -2.36. The Hall–Kier alpha value is -2.28. The Balaban J connectivity index is 0.000000774. The molecule has 21 heavy (non-hydrogen) atoms. The Morgan fingerprint density at radius 2 is 1.86 bits per heavy atom. The van der Waals surface area contributed by atoms with E-state index in [2.05, 4.69) is 13.2 Å². The highest BCUT2D eigenvalue weighted by atomic mass is 16.3. The summed E-state index contributed by atoms with van der Waals surface area (Å²) in [6.45, 7) is 9.09. The number of rotatable bonds is 0. The molecule has 1 amide bonds. The minimum atomic E-state index is -0.904. The Labute approximate surface area is 122 Å². The molecule has 7 heteroatoms. The molecule has 1 aromatic heterocycles. The zero-order chi connectivity index (χ0) is 15.9. The van der Waals surface area contributed by atoms with Crippen LogP contribution in [0.2, 0.25) is 0 Å². The number of carbonyl (C=O) groups excluding carboxylic acids is 1. The number of hydrogen-bond acceptors (Lipinski definition) is 5. The second-order valence-corrected chi connectivity index (χ2v) is 5.17. The quantitative estimate of drug-likeness (QED) is 0.666. The van der Waals surface area contributed by atoms with E-state index in [1.807, 2.05) is 18.9 Å². The van der Waals surface area contributed by atoms with E-state index in [0.717, 1.165) is 6.54 Å². The van der Waals surface area contributed by atoms with Crippen LogP contribution in [0.5, 0.6) is 11.5 Å². The highest BCUT2D eigenvalue weighted by Gasteiger charge is 2.44. The molecule has 1 aromatic rings. The molecule has 0 spiro atoms. The number of aromatic nitrogens is 1. The van der Waals surface area contributed by atoms with E-state index in [1.54, 1.807) is 4.90 Å². The lowest BCUT2D eigenvalue weighted by molar-refractivity contribution is 0.0487. The molecule has 1 fully saturated rings. The number of amides is 1. The molecule has 2 aliphatic rings. The van der Waals surface area contributed by atoms with Crippen LogP contribution in [0.4, 0.5) is 0 Å². The molecule has 3 heterocycles. The van der Waals surface area contributed by atoms with Gasteiger partial charge in [-0.15, -0.1) is 13.2 Å². The predicted molar refractivity (Wildman–Crippen MR) is 77.3 cm³/mol. The summed E-state index contributed by atoms with van der Waals surface area (Å²) in [5.41, 5.74) is -0.945. The summed E-state index contributed by atoms with van der Waals surface area (Å²) in [7, 11) is 1.92. The van der Waals surface area contributed by atoms with E-state index in [-0.39, 0.29) is 23.8 Å². The highest BCUT2D eigenvalue weighted by Crippen LogP contribution is 2.30. The van der Waals surface area contributed by atoms with E-state index in [1.165, 1.54) is 10.8 Å². The Morgan fingerprint density at radius 1 is 1.24 bits per heavy atom. The van der Waals surface area contributed by atoms with Crippen molar-refractivity contribution in [3.05, 3.63) is 35.3 Å². The van der Waals surface area contributed by atoms with Crippen LogP contribution in [-0.4, -0.2) is 56.3 Å². The number of aromatic hydroxyl groups is 2. The van der Waals surface area contributed by atoms with Gasteiger partial charge in [0.25, 0.3) is 11.3 Å². The first-order valence-corrected chi connectivity index (χ1v) is 6.60. The molecule has 0 radical (unpaired) electrons. The average molecular weight is 293 g/mol. The lowest BCUT2D eigenvalue weighted by atomic mass is 10.1. The molecule has 3 rings (SSSR count). The van der Waals surface area contributed by atoms with Gasteiger partial charge in [0, 0.05) is 12.6 Å². The van der Waals surface area contributed by atoms with Crippen molar-refractivity contribution in [1.29, 1.82) is 0 Å². The van der Waals surface area contributed by atoms with Crippen LogP contribution >= 0.6 is 0 Å². The molecule has 0 bridgehead atoms. The number of fused-ring (bicyclic) bond motifs is 2. The third kappa shape index (κ3) is 2.09. The third-order valence-electron chi connectivity index (χ3n) is 3.89. The monoisotopic (exact) mass is 293 g/mol. The molecule has 1 saturated heterocycles. The molecule has 2 N–H and O–H groups in total. The van der Waals surface area contributed by atoms with Gasteiger partial charge in [0.1, 0.15) is 6.17 Å². The predicted octanol–water partition coefficient (Wildman–Crippen LogP) is 0.178. The summed E-state index contributed by atoms with van der Waals surface area (Å²) in [6, 6.07) is 0.0274. The molecular formula is C14H19N3O4. The van der Waals surface area contributed by atoms with Crippen LogP contribution in [0.15, 0.2) is 24.1 Å². The fourth-order valence-electron chi connectivity index (χ4n) is 3.00. The summed E-state index contributed by atoms with van der Waals surface area (Å²) < 4.78 is 1.45. The van der Waals surface area contributed by atoms with Gasteiger partial charge in [-0.25, -0.2) is 0 Å². The van der Waals surface area contributed by atoms with Crippen molar-refractivity contribution in [2.24, 2.45) is 0 Å². The Morgan fingerprint density at radius 3 is 2.48 bits per heavy atom. The minimum absolute atomic E-state index is 0.0274. The fraction of sp³-hybridized carbons (Fsp3) is 0.429. The summed E-state index contributed by atoms with van der Waals surface area (Å²) in [5.74, 6) is -1.59. The van der Waals surface area contributed by atoms with Crippen molar-refractivity contribution in [1.82, 2.24) is 14.4 Å². The molecule has 0 saturated carbocycles. The Bertz CT molecular complexity index is 640. The normalized spacial score (nSPS) is 24.1. The van der Waals surface area contributed by atoms with Crippen molar-refractivity contribution in [2.75, 3.05) is 13.6 Å².